The van der Waals surface area contributed by atoms with Gasteiger partial charge in [0.1, 0.15) is 5.82 Å². The van der Waals surface area contributed by atoms with Gasteiger partial charge in [0.15, 0.2) is 0 Å². The standard InChI is InChI=1S/C7H3Cl2F3/c8-4-1-3(7(11)12)6(10)2-5(4)9/h1-2,7H. The number of rotatable bonds is 1. The molecule has 0 radical (unpaired) electrons. The Labute approximate surface area is 76.9 Å². The molecule has 0 nitrogen and oxygen atoms in total. The van der Waals surface area contributed by atoms with Crippen molar-refractivity contribution in [3.8, 4) is 0 Å². The van der Waals surface area contributed by atoms with Crippen LogP contribution in [0.5, 0.6) is 0 Å². The van der Waals surface area contributed by atoms with Gasteiger partial charge in [-0.05, 0) is 12.1 Å². The first-order valence-electron chi connectivity index (χ1n) is 2.95. The highest BCUT2D eigenvalue weighted by molar-refractivity contribution is 6.42. The van der Waals surface area contributed by atoms with E-state index in [0.717, 1.165) is 12.1 Å². The highest BCUT2D eigenvalue weighted by Gasteiger charge is 2.15. The molecule has 1 aromatic rings. The molecule has 0 saturated heterocycles. The van der Waals surface area contributed by atoms with Gasteiger partial charge in [-0.3, -0.25) is 0 Å². The van der Waals surface area contributed by atoms with Crippen LogP contribution >= 0.6 is 23.2 Å². The summed E-state index contributed by atoms with van der Waals surface area (Å²) >= 11 is 10.8. The number of hydrogen-bond acceptors (Lipinski definition) is 0. The molecule has 12 heavy (non-hydrogen) atoms. The van der Waals surface area contributed by atoms with Gasteiger partial charge in [-0.25, -0.2) is 13.2 Å². The highest BCUT2D eigenvalue weighted by atomic mass is 35.5. The van der Waals surface area contributed by atoms with Gasteiger partial charge in [0.25, 0.3) is 6.43 Å². The quantitative estimate of drug-likeness (QED) is 0.619. The van der Waals surface area contributed by atoms with E-state index in [1.807, 2.05) is 0 Å². The molecule has 1 aromatic carbocycles. The van der Waals surface area contributed by atoms with Gasteiger partial charge in [0, 0.05) is 0 Å². The van der Waals surface area contributed by atoms with E-state index in [2.05, 4.69) is 0 Å². The number of alkyl halides is 2. The van der Waals surface area contributed by atoms with Crippen molar-refractivity contribution in [3.63, 3.8) is 0 Å². The summed E-state index contributed by atoms with van der Waals surface area (Å²) < 4.78 is 36.7. The van der Waals surface area contributed by atoms with E-state index in [0.29, 0.717) is 0 Å². The van der Waals surface area contributed by atoms with Crippen molar-refractivity contribution < 1.29 is 13.2 Å². The van der Waals surface area contributed by atoms with Crippen molar-refractivity contribution in [3.05, 3.63) is 33.6 Å². The summed E-state index contributed by atoms with van der Waals surface area (Å²) in [7, 11) is 0. The molecule has 0 fully saturated rings. The Hall–Kier alpha value is -0.410. The predicted octanol–water partition coefficient (Wildman–Crippen LogP) is 4.07. The highest BCUT2D eigenvalue weighted by Crippen LogP contribution is 2.30. The van der Waals surface area contributed by atoms with Gasteiger partial charge >= 0.3 is 0 Å². The molecule has 0 spiro atoms. The monoisotopic (exact) mass is 214 g/mol. The maximum atomic E-state index is 12.7. The second-order valence-electron chi connectivity index (χ2n) is 2.09. The van der Waals surface area contributed by atoms with Gasteiger partial charge in [-0.15, -0.1) is 0 Å². The molecule has 0 atom stereocenters. The van der Waals surface area contributed by atoms with Crippen molar-refractivity contribution in [2.75, 3.05) is 0 Å². The van der Waals surface area contributed by atoms with Crippen LogP contribution in [0.3, 0.4) is 0 Å². The van der Waals surface area contributed by atoms with E-state index in [1.165, 1.54) is 0 Å². The number of halogens is 5. The third kappa shape index (κ3) is 1.84. The lowest BCUT2D eigenvalue weighted by Crippen LogP contribution is -1.90. The molecular formula is C7H3Cl2F3. The maximum absolute atomic E-state index is 12.7. The summed E-state index contributed by atoms with van der Waals surface area (Å²) in [5.41, 5.74) is -0.732. The van der Waals surface area contributed by atoms with E-state index in [9.17, 15) is 13.2 Å². The molecule has 0 aromatic heterocycles. The van der Waals surface area contributed by atoms with Crippen LogP contribution in [0.2, 0.25) is 10.0 Å². The first-order chi connectivity index (χ1) is 5.52. The van der Waals surface area contributed by atoms with E-state index >= 15 is 0 Å². The third-order valence-electron chi connectivity index (χ3n) is 1.27. The Morgan fingerprint density at radius 1 is 1.08 bits per heavy atom. The van der Waals surface area contributed by atoms with Crippen LogP contribution in [0.15, 0.2) is 12.1 Å². The summed E-state index contributed by atoms with van der Waals surface area (Å²) in [6.07, 6.45) is -2.88. The molecule has 0 bridgehead atoms. The van der Waals surface area contributed by atoms with Crippen LogP contribution in [0.25, 0.3) is 0 Å². The first-order valence-corrected chi connectivity index (χ1v) is 3.70. The van der Waals surface area contributed by atoms with E-state index in [-0.39, 0.29) is 10.0 Å². The van der Waals surface area contributed by atoms with Crippen molar-refractivity contribution in [2.45, 2.75) is 6.43 Å². The van der Waals surface area contributed by atoms with Crippen LogP contribution < -0.4 is 0 Å². The zero-order valence-electron chi connectivity index (χ0n) is 5.62. The average Bonchev–Trinajstić information content (AvgIpc) is 1.96. The lowest BCUT2D eigenvalue weighted by atomic mass is 10.2. The molecule has 66 valence electrons. The molecule has 1 rings (SSSR count). The summed E-state index contributed by atoms with van der Waals surface area (Å²) in [5.74, 6) is -1.04. The molecule has 0 aliphatic rings. The molecule has 0 N–H and O–H groups in total. The normalized spacial score (nSPS) is 10.8. The van der Waals surface area contributed by atoms with Crippen LogP contribution in [0.1, 0.15) is 12.0 Å². The molecule has 5 heteroatoms. The fourth-order valence-corrected chi connectivity index (χ4v) is 1.03. The molecule has 0 unspecified atom stereocenters. The summed E-state index contributed by atoms with van der Waals surface area (Å²) in [6, 6.07) is 1.59. The molecule has 0 saturated carbocycles. The zero-order valence-corrected chi connectivity index (χ0v) is 7.13. The second kappa shape index (κ2) is 3.54. The van der Waals surface area contributed by atoms with Gasteiger partial charge in [0.05, 0.1) is 15.6 Å². The van der Waals surface area contributed by atoms with Crippen LogP contribution in [-0.2, 0) is 0 Å². The van der Waals surface area contributed by atoms with Gasteiger partial charge in [-0.2, -0.15) is 0 Å². The van der Waals surface area contributed by atoms with Gasteiger partial charge in [-0.1, -0.05) is 23.2 Å². The van der Waals surface area contributed by atoms with Crippen LogP contribution in [-0.4, -0.2) is 0 Å². The zero-order chi connectivity index (χ0) is 9.30. The Kier molecular flexibility index (Phi) is 2.85. The van der Waals surface area contributed by atoms with Crippen LogP contribution in [0.4, 0.5) is 13.2 Å². The summed E-state index contributed by atoms with van der Waals surface area (Å²) in [6.45, 7) is 0. The Morgan fingerprint density at radius 2 is 1.58 bits per heavy atom. The second-order valence-corrected chi connectivity index (χ2v) is 2.90. The van der Waals surface area contributed by atoms with Crippen molar-refractivity contribution >= 4 is 23.2 Å². The lowest BCUT2D eigenvalue weighted by Gasteiger charge is -2.02. The Bertz CT molecular complexity index is 299. The molecule has 0 amide bonds. The molecule has 0 heterocycles. The van der Waals surface area contributed by atoms with E-state index < -0.39 is 17.8 Å². The van der Waals surface area contributed by atoms with Crippen LogP contribution in [0, 0.1) is 5.82 Å². The largest absolute Gasteiger partial charge is 0.266 e. The minimum Gasteiger partial charge on any atom is -0.206 e. The predicted molar refractivity (Wildman–Crippen MR) is 41.4 cm³/mol. The van der Waals surface area contributed by atoms with Gasteiger partial charge in [0.2, 0.25) is 0 Å². The van der Waals surface area contributed by atoms with Crippen molar-refractivity contribution in [1.82, 2.24) is 0 Å². The summed E-state index contributed by atoms with van der Waals surface area (Å²) in [5, 5.41) is -0.146. The fraction of sp³-hybridized carbons (Fsp3) is 0.143. The molecular weight excluding hydrogens is 212 g/mol. The third-order valence-corrected chi connectivity index (χ3v) is 2.00. The van der Waals surface area contributed by atoms with Gasteiger partial charge < -0.3 is 0 Å². The SMILES string of the molecule is Fc1cc(Cl)c(Cl)cc1C(F)F. The Balaban J connectivity index is 3.23. The molecule has 0 aliphatic heterocycles. The minimum absolute atomic E-state index is 0.0708. The Morgan fingerprint density at radius 3 is 2.08 bits per heavy atom. The number of hydrogen-bond donors (Lipinski definition) is 0. The van der Waals surface area contributed by atoms with Crippen molar-refractivity contribution in [2.24, 2.45) is 0 Å². The summed E-state index contributed by atoms with van der Waals surface area (Å²) in [4.78, 5) is 0. The minimum atomic E-state index is -2.88. The maximum Gasteiger partial charge on any atom is 0.266 e. The number of benzene rings is 1. The fourth-order valence-electron chi connectivity index (χ4n) is 0.705. The topological polar surface area (TPSA) is 0 Å². The average molecular weight is 215 g/mol. The van der Waals surface area contributed by atoms with E-state index in [1.54, 1.807) is 0 Å². The molecule has 0 aliphatic carbocycles. The van der Waals surface area contributed by atoms with E-state index in [4.69, 9.17) is 23.2 Å². The lowest BCUT2D eigenvalue weighted by molar-refractivity contribution is 0.146. The van der Waals surface area contributed by atoms with Crippen molar-refractivity contribution in [1.29, 1.82) is 0 Å². The smallest absolute Gasteiger partial charge is 0.206 e. The first kappa shape index (κ1) is 9.68.